The van der Waals surface area contributed by atoms with Gasteiger partial charge in [-0.2, -0.15) is 0 Å². The van der Waals surface area contributed by atoms with E-state index in [2.05, 4.69) is 10.3 Å². The van der Waals surface area contributed by atoms with Gasteiger partial charge in [0.15, 0.2) is 6.61 Å². The molecule has 0 saturated carbocycles. The molecule has 0 atom stereocenters. The Bertz CT molecular complexity index is 766. The molecule has 1 aromatic carbocycles. The fourth-order valence-corrected chi connectivity index (χ4v) is 1.83. The van der Waals surface area contributed by atoms with Crippen LogP contribution in [0.3, 0.4) is 0 Å². The van der Waals surface area contributed by atoms with Gasteiger partial charge in [0.25, 0.3) is 5.91 Å². The van der Waals surface area contributed by atoms with Gasteiger partial charge in [-0.3, -0.25) is 15.1 Å². The number of nitrogens with one attached hydrogen (secondary N) is 2. The fraction of sp³-hybridized carbons (Fsp3) is 0.125. The Hall–Kier alpha value is -3.22. The first kappa shape index (κ1) is 16.2. The fourth-order valence-electron chi connectivity index (χ4n) is 1.83. The third-order valence-electron chi connectivity index (χ3n) is 2.89. The predicted molar refractivity (Wildman–Crippen MR) is 84.3 cm³/mol. The van der Waals surface area contributed by atoms with E-state index >= 15 is 0 Å². The van der Waals surface area contributed by atoms with E-state index in [0.717, 1.165) is 16.5 Å². The SMILES string of the molecule is CNC(=O)NC(=O)COC(=O)/C=C/c1cccc2cccnc12. The van der Waals surface area contributed by atoms with E-state index in [-0.39, 0.29) is 0 Å². The van der Waals surface area contributed by atoms with Gasteiger partial charge in [0, 0.05) is 30.3 Å². The molecule has 0 aliphatic rings. The first-order valence-corrected chi connectivity index (χ1v) is 6.80. The Kier molecular flexibility index (Phi) is 5.40. The highest BCUT2D eigenvalue weighted by Gasteiger charge is 2.08. The van der Waals surface area contributed by atoms with Gasteiger partial charge in [0.1, 0.15) is 0 Å². The van der Waals surface area contributed by atoms with Crippen LogP contribution >= 0.6 is 0 Å². The second-order valence-corrected chi connectivity index (χ2v) is 4.49. The second-order valence-electron chi connectivity index (χ2n) is 4.49. The maximum Gasteiger partial charge on any atom is 0.331 e. The molecule has 0 aliphatic heterocycles. The van der Waals surface area contributed by atoms with Crippen LogP contribution in [0.15, 0.2) is 42.6 Å². The Labute approximate surface area is 132 Å². The van der Waals surface area contributed by atoms with Crippen LogP contribution < -0.4 is 10.6 Å². The van der Waals surface area contributed by atoms with Crippen LogP contribution in [0.5, 0.6) is 0 Å². The van der Waals surface area contributed by atoms with Crippen LogP contribution in [0.2, 0.25) is 0 Å². The Morgan fingerprint density at radius 1 is 1.22 bits per heavy atom. The molecule has 2 N–H and O–H groups in total. The molecule has 1 heterocycles. The molecule has 0 aliphatic carbocycles. The number of nitrogens with zero attached hydrogens (tertiary/aromatic N) is 1. The van der Waals surface area contributed by atoms with Crippen molar-refractivity contribution in [2.24, 2.45) is 0 Å². The molecule has 23 heavy (non-hydrogen) atoms. The molecule has 2 aromatic rings. The molecule has 3 amide bonds. The Morgan fingerprint density at radius 2 is 2.00 bits per heavy atom. The Morgan fingerprint density at radius 3 is 2.78 bits per heavy atom. The third kappa shape index (κ3) is 4.63. The van der Waals surface area contributed by atoms with Crippen LogP contribution in [0.4, 0.5) is 4.79 Å². The standard InChI is InChI=1S/C16H15N3O4/c1-17-16(22)19-13(20)10-23-14(21)8-7-12-5-2-4-11-6-3-9-18-15(11)12/h2-9H,10H2,1H3,(H2,17,19,20,22)/b8-7+. The lowest BCUT2D eigenvalue weighted by Crippen LogP contribution is -2.39. The topological polar surface area (TPSA) is 97.4 Å². The van der Waals surface area contributed by atoms with Crippen LogP contribution in [0.25, 0.3) is 17.0 Å². The van der Waals surface area contributed by atoms with Gasteiger partial charge in [-0.05, 0) is 12.1 Å². The van der Waals surface area contributed by atoms with Gasteiger partial charge in [0.2, 0.25) is 0 Å². The van der Waals surface area contributed by atoms with E-state index in [1.807, 2.05) is 35.6 Å². The number of urea groups is 1. The summed E-state index contributed by atoms with van der Waals surface area (Å²) in [5, 5.41) is 5.15. The van der Waals surface area contributed by atoms with Crippen LogP contribution in [0.1, 0.15) is 5.56 Å². The molecule has 0 spiro atoms. The monoisotopic (exact) mass is 313 g/mol. The molecule has 118 valence electrons. The van der Waals surface area contributed by atoms with Crippen molar-refractivity contribution in [1.82, 2.24) is 15.6 Å². The summed E-state index contributed by atoms with van der Waals surface area (Å²) in [6.07, 6.45) is 4.44. The molecule has 0 saturated heterocycles. The van der Waals surface area contributed by atoms with Crippen LogP contribution in [0, 0.1) is 0 Å². The van der Waals surface area contributed by atoms with Gasteiger partial charge in [-0.25, -0.2) is 9.59 Å². The van der Waals surface area contributed by atoms with Gasteiger partial charge < -0.3 is 10.1 Å². The molecule has 0 fully saturated rings. The minimum atomic E-state index is -0.710. The molecular weight excluding hydrogens is 298 g/mol. The van der Waals surface area contributed by atoms with E-state index in [0.29, 0.717) is 0 Å². The largest absolute Gasteiger partial charge is 0.452 e. The van der Waals surface area contributed by atoms with Crippen molar-refractivity contribution in [3.8, 4) is 0 Å². The highest BCUT2D eigenvalue weighted by molar-refractivity contribution is 5.97. The number of amides is 3. The summed E-state index contributed by atoms with van der Waals surface area (Å²) in [5.41, 5.74) is 1.52. The molecule has 2 rings (SSSR count). The van der Waals surface area contributed by atoms with Gasteiger partial charge in [-0.15, -0.1) is 0 Å². The van der Waals surface area contributed by atoms with Crippen molar-refractivity contribution in [3.05, 3.63) is 48.2 Å². The van der Waals surface area contributed by atoms with Crippen molar-refractivity contribution < 1.29 is 19.1 Å². The lowest BCUT2D eigenvalue weighted by atomic mass is 10.1. The maximum absolute atomic E-state index is 11.6. The number of aromatic nitrogens is 1. The van der Waals surface area contributed by atoms with Crippen molar-refractivity contribution in [1.29, 1.82) is 0 Å². The summed E-state index contributed by atoms with van der Waals surface area (Å²) >= 11 is 0. The molecular formula is C16H15N3O4. The average Bonchev–Trinajstić information content (AvgIpc) is 2.57. The number of rotatable bonds is 4. The number of para-hydroxylation sites is 1. The summed E-state index contributed by atoms with van der Waals surface area (Å²) in [6.45, 7) is -0.537. The third-order valence-corrected chi connectivity index (χ3v) is 2.89. The van der Waals surface area contributed by atoms with E-state index in [4.69, 9.17) is 4.74 Å². The minimum Gasteiger partial charge on any atom is -0.452 e. The van der Waals surface area contributed by atoms with Crippen molar-refractivity contribution in [2.75, 3.05) is 13.7 Å². The second kappa shape index (κ2) is 7.69. The van der Waals surface area contributed by atoms with E-state index in [9.17, 15) is 14.4 Å². The molecule has 0 unspecified atom stereocenters. The number of hydrogen-bond donors (Lipinski definition) is 2. The molecule has 0 radical (unpaired) electrons. The van der Waals surface area contributed by atoms with E-state index < -0.39 is 24.5 Å². The average molecular weight is 313 g/mol. The van der Waals surface area contributed by atoms with Crippen molar-refractivity contribution in [3.63, 3.8) is 0 Å². The van der Waals surface area contributed by atoms with Crippen molar-refractivity contribution >= 4 is 34.9 Å². The number of benzene rings is 1. The molecule has 7 heteroatoms. The van der Waals surface area contributed by atoms with Gasteiger partial charge in [0.05, 0.1) is 5.52 Å². The molecule has 0 bridgehead atoms. The zero-order chi connectivity index (χ0) is 16.7. The zero-order valence-corrected chi connectivity index (χ0v) is 12.4. The number of hydrogen-bond acceptors (Lipinski definition) is 5. The summed E-state index contributed by atoms with van der Waals surface area (Å²) in [4.78, 5) is 38.0. The van der Waals surface area contributed by atoms with Gasteiger partial charge in [-0.1, -0.05) is 24.3 Å². The summed E-state index contributed by atoms with van der Waals surface area (Å²) < 4.78 is 4.74. The predicted octanol–water partition coefficient (Wildman–Crippen LogP) is 1.25. The van der Waals surface area contributed by atoms with Gasteiger partial charge >= 0.3 is 12.0 Å². The number of imide groups is 1. The van der Waals surface area contributed by atoms with Crippen LogP contribution in [-0.4, -0.2) is 36.5 Å². The quantitative estimate of drug-likeness (QED) is 0.654. The maximum atomic E-state index is 11.6. The smallest absolute Gasteiger partial charge is 0.331 e. The lowest BCUT2D eigenvalue weighted by Gasteiger charge is -2.03. The van der Waals surface area contributed by atoms with Crippen LogP contribution in [-0.2, 0) is 14.3 Å². The zero-order valence-electron chi connectivity index (χ0n) is 12.4. The lowest BCUT2D eigenvalue weighted by molar-refractivity contribution is -0.143. The normalized spacial score (nSPS) is 10.5. The first-order chi connectivity index (χ1) is 11.1. The number of esters is 1. The number of ether oxygens (including phenoxy) is 1. The van der Waals surface area contributed by atoms with E-state index in [1.165, 1.54) is 13.1 Å². The summed E-state index contributed by atoms with van der Waals surface area (Å²) in [5.74, 6) is -1.40. The first-order valence-electron chi connectivity index (χ1n) is 6.80. The highest BCUT2D eigenvalue weighted by Crippen LogP contribution is 2.17. The number of fused-ring (bicyclic) bond motifs is 1. The Balaban J connectivity index is 1.95. The molecule has 1 aromatic heterocycles. The number of carbonyl (C=O) groups excluding carboxylic acids is 3. The molecule has 7 nitrogen and oxygen atoms in total. The highest BCUT2D eigenvalue weighted by atomic mass is 16.5. The van der Waals surface area contributed by atoms with Crippen molar-refractivity contribution in [2.45, 2.75) is 0 Å². The summed E-state index contributed by atoms with van der Waals surface area (Å²) in [7, 11) is 1.37. The number of pyridine rings is 1. The minimum absolute atomic E-state index is 0.537. The summed E-state index contributed by atoms with van der Waals surface area (Å²) in [6, 6.07) is 8.67. The number of carbonyl (C=O) groups is 3. The van der Waals surface area contributed by atoms with E-state index in [1.54, 1.807) is 12.3 Å².